The molecule has 15 heteroatoms. The van der Waals surface area contributed by atoms with Crippen molar-refractivity contribution in [1.82, 2.24) is 24.5 Å². The Morgan fingerprint density at radius 1 is 1.00 bits per heavy atom. The summed E-state index contributed by atoms with van der Waals surface area (Å²) >= 11 is 0. The second-order valence-corrected chi connectivity index (χ2v) is 17.4. The fourth-order valence-corrected chi connectivity index (χ4v) is 11.4. The van der Waals surface area contributed by atoms with Gasteiger partial charge in [0.2, 0.25) is 0 Å². The van der Waals surface area contributed by atoms with Gasteiger partial charge in [-0.1, -0.05) is 42.3 Å². The van der Waals surface area contributed by atoms with Gasteiger partial charge in [-0.25, -0.2) is 17.7 Å². The number of hydrogen-bond acceptors (Lipinski definition) is 10. The standard InChI is InChI=1S/C37H36F2N5O5P.C7H12FN/c1-4-28-31(38)16-13-24-18-27(45)19-29(32(24)28)34-33(39)35-30(20-40-34)36(42-37(41-35)47-3)43-21-25-14-15-26(22-43)44(25)50(46,48-5-2)49-17-9-12-23-10-7-6-8-11-23;8-6-4-7-2-1-3-9(7)5-6/h1,6-8,10-11,13,16,18-20,25-26,45H,5,9,12,14-15,17,21-22H2,2-3H3;6-7H,1-5H2/t;6-,7?/m.1/s1. The molecule has 6 heterocycles. The van der Waals surface area contributed by atoms with Crippen LogP contribution in [0, 0.1) is 24.0 Å². The number of aryl methyl sites for hydroxylation is 1. The van der Waals surface area contributed by atoms with Crippen LogP contribution in [0.1, 0.15) is 56.6 Å². The van der Waals surface area contributed by atoms with E-state index in [4.69, 9.17) is 20.2 Å². The molecule has 1 N–H and O–H groups in total. The van der Waals surface area contributed by atoms with E-state index >= 15 is 4.39 Å². The number of benzene rings is 3. The van der Waals surface area contributed by atoms with E-state index in [1.807, 2.05) is 27.8 Å². The maximum atomic E-state index is 16.6. The minimum atomic E-state index is -3.61. The number of methoxy groups -OCH3 is 1. The summed E-state index contributed by atoms with van der Waals surface area (Å²) in [4.78, 5) is 17.7. The van der Waals surface area contributed by atoms with Crippen LogP contribution in [-0.4, -0.2) is 100 Å². The Hall–Kier alpha value is -4.77. The van der Waals surface area contributed by atoms with E-state index in [2.05, 4.69) is 37.9 Å². The number of anilines is 1. The molecule has 9 rings (SSSR count). The Morgan fingerprint density at radius 3 is 2.49 bits per heavy atom. The van der Waals surface area contributed by atoms with Gasteiger partial charge in [-0.3, -0.25) is 18.9 Å². The van der Waals surface area contributed by atoms with Crippen molar-refractivity contribution in [2.24, 2.45) is 0 Å². The Bertz CT molecular complexity index is 2390. The Labute approximate surface area is 342 Å². The molecule has 11 nitrogen and oxygen atoms in total. The molecule has 2 aromatic heterocycles. The predicted octanol–water partition coefficient (Wildman–Crippen LogP) is 8.46. The van der Waals surface area contributed by atoms with Crippen molar-refractivity contribution >= 4 is 35.2 Å². The number of pyridine rings is 1. The van der Waals surface area contributed by atoms with Crippen LogP contribution in [0.3, 0.4) is 0 Å². The molecule has 0 aliphatic carbocycles. The van der Waals surface area contributed by atoms with Crippen molar-refractivity contribution in [1.29, 1.82) is 0 Å². The first-order chi connectivity index (χ1) is 28.6. The first-order valence-electron chi connectivity index (χ1n) is 20.3. The zero-order valence-electron chi connectivity index (χ0n) is 33.2. The Balaban J connectivity index is 0.000000471. The fourth-order valence-electron chi connectivity index (χ4n) is 9.21. The maximum absolute atomic E-state index is 16.6. The quantitative estimate of drug-likeness (QED) is 0.0787. The van der Waals surface area contributed by atoms with Crippen molar-refractivity contribution in [2.45, 2.75) is 76.2 Å². The number of phenols is 1. The van der Waals surface area contributed by atoms with E-state index in [0.29, 0.717) is 48.7 Å². The number of rotatable bonds is 11. The average molecular weight is 829 g/mol. The number of piperazine rings is 1. The van der Waals surface area contributed by atoms with Gasteiger partial charge in [0.05, 0.1) is 31.3 Å². The number of nitrogens with zero attached hydrogens (tertiary/aromatic N) is 6. The minimum Gasteiger partial charge on any atom is -0.508 e. The fraction of sp³-hybridized carbons (Fsp3) is 0.432. The van der Waals surface area contributed by atoms with E-state index in [1.54, 1.807) is 6.92 Å². The molecular weight excluding hydrogens is 780 g/mol. The van der Waals surface area contributed by atoms with Gasteiger partial charge in [-0.05, 0) is 87.6 Å². The molecule has 310 valence electrons. The smallest absolute Gasteiger partial charge is 0.408 e. The molecular formula is C44H48F3N6O5P. The molecule has 59 heavy (non-hydrogen) atoms. The molecule has 0 radical (unpaired) electrons. The summed E-state index contributed by atoms with van der Waals surface area (Å²) in [7, 11) is -2.22. The highest BCUT2D eigenvalue weighted by Crippen LogP contribution is 2.59. The van der Waals surface area contributed by atoms with Crippen molar-refractivity contribution in [3.05, 3.63) is 83.6 Å². The second-order valence-electron chi connectivity index (χ2n) is 15.5. The molecule has 4 unspecified atom stereocenters. The number of terminal acetylenes is 1. The highest BCUT2D eigenvalue weighted by atomic mass is 31.2. The molecule has 0 amide bonds. The van der Waals surface area contributed by atoms with Crippen LogP contribution in [0.15, 0.2) is 60.8 Å². The highest BCUT2D eigenvalue weighted by molar-refractivity contribution is 7.51. The van der Waals surface area contributed by atoms with Crippen LogP contribution in [-0.2, 0) is 20.0 Å². The summed E-state index contributed by atoms with van der Waals surface area (Å²) in [6.45, 7) is 5.02. The molecule has 0 saturated carbocycles. The number of alkyl halides is 1. The van der Waals surface area contributed by atoms with Crippen LogP contribution in [0.5, 0.6) is 11.8 Å². The van der Waals surface area contributed by atoms with Crippen LogP contribution >= 0.6 is 7.75 Å². The first-order valence-corrected chi connectivity index (χ1v) is 21.8. The highest BCUT2D eigenvalue weighted by Gasteiger charge is 2.51. The lowest BCUT2D eigenvalue weighted by atomic mass is 9.96. The number of ether oxygens (including phenoxy) is 1. The number of aromatic hydroxyl groups is 1. The molecule has 3 aromatic carbocycles. The third-order valence-corrected chi connectivity index (χ3v) is 14.1. The van der Waals surface area contributed by atoms with Crippen LogP contribution in [0.2, 0.25) is 0 Å². The lowest BCUT2D eigenvalue weighted by Gasteiger charge is -2.43. The number of halogens is 3. The van der Waals surface area contributed by atoms with Crippen molar-refractivity contribution in [3.63, 3.8) is 0 Å². The molecule has 4 aliphatic heterocycles. The molecule has 5 atom stereocenters. The topological polar surface area (TPSA) is 113 Å². The SMILES string of the molecule is C#Cc1c(F)ccc2cc(O)cc(-c3ncc4c(N5CC6CCC(C5)N6P(=O)(OCC)OCCCc5ccccc5)nc(OC)nc4c3F)c12.F[C@@H]1CC2CCCN2C1. The van der Waals surface area contributed by atoms with Gasteiger partial charge in [-0.2, -0.15) is 14.6 Å². The van der Waals surface area contributed by atoms with E-state index in [-0.39, 0.29) is 64.8 Å². The summed E-state index contributed by atoms with van der Waals surface area (Å²) in [5.41, 5.74) is 0.997. The third kappa shape index (κ3) is 8.24. The summed E-state index contributed by atoms with van der Waals surface area (Å²) in [6.07, 6.45) is 13.0. The third-order valence-electron chi connectivity index (χ3n) is 11.8. The number of fused-ring (bicyclic) bond motifs is 5. The summed E-state index contributed by atoms with van der Waals surface area (Å²) in [6, 6.07) is 15.7. The zero-order valence-corrected chi connectivity index (χ0v) is 34.1. The zero-order chi connectivity index (χ0) is 41.3. The summed E-state index contributed by atoms with van der Waals surface area (Å²) < 4.78 is 77.6. The minimum absolute atomic E-state index is 0.0591. The second kappa shape index (κ2) is 17.4. The average Bonchev–Trinajstić information content (AvgIpc) is 3.91. The first kappa shape index (κ1) is 41.0. The molecule has 4 fully saturated rings. The monoisotopic (exact) mass is 828 g/mol. The van der Waals surface area contributed by atoms with Gasteiger partial charge in [0.1, 0.15) is 34.8 Å². The van der Waals surface area contributed by atoms with E-state index in [0.717, 1.165) is 32.2 Å². The molecule has 4 saturated heterocycles. The van der Waals surface area contributed by atoms with Gasteiger partial charge in [0, 0.05) is 54.9 Å². The van der Waals surface area contributed by atoms with Crippen LogP contribution in [0.25, 0.3) is 32.9 Å². The molecule has 4 aliphatic rings. The van der Waals surface area contributed by atoms with Crippen LogP contribution < -0.4 is 9.64 Å². The molecule has 0 spiro atoms. The Kier molecular flexibility index (Phi) is 12.1. The van der Waals surface area contributed by atoms with Gasteiger partial charge in [0.15, 0.2) is 5.82 Å². The largest absolute Gasteiger partial charge is 0.508 e. The van der Waals surface area contributed by atoms with Crippen molar-refractivity contribution in [2.75, 3.05) is 51.4 Å². The van der Waals surface area contributed by atoms with Crippen molar-refractivity contribution in [3.8, 4) is 35.4 Å². The van der Waals surface area contributed by atoms with Gasteiger partial charge in [0.25, 0.3) is 0 Å². The molecule has 2 bridgehead atoms. The van der Waals surface area contributed by atoms with Crippen molar-refractivity contribution < 1.29 is 36.6 Å². The number of aromatic nitrogens is 3. The normalized spacial score (nSPS) is 22.5. The number of phenolic OH excluding ortho intramolecular Hbond substituents is 1. The summed E-state index contributed by atoms with van der Waals surface area (Å²) in [5.74, 6) is 1.13. The van der Waals surface area contributed by atoms with Gasteiger partial charge in [-0.15, -0.1) is 6.42 Å². The van der Waals surface area contributed by atoms with Crippen LogP contribution in [0.4, 0.5) is 19.0 Å². The van der Waals surface area contributed by atoms with Gasteiger partial charge < -0.3 is 14.7 Å². The maximum Gasteiger partial charge on any atom is 0.408 e. The Morgan fingerprint density at radius 2 is 1.78 bits per heavy atom. The molecule has 5 aromatic rings. The van der Waals surface area contributed by atoms with E-state index in [1.165, 1.54) is 56.0 Å². The summed E-state index contributed by atoms with van der Waals surface area (Å²) in [5, 5.41) is 11.5. The lowest BCUT2D eigenvalue weighted by molar-refractivity contribution is 0.133. The number of hydrogen-bond donors (Lipinski definition) is 1. The van der Waals surface area contributed by atoms with E-state index in [9.17, 15) is 18.5 Å². The lowest BCUT2D eigenvalue weighted by Crippen LogP contribution is -2.53. The predicted molar refractivity (Wildman–Crippen MR) is 221 cm³/mol. The van der Waals surface area contributed by atoms with Gasteiger partial charge >= 0.3 is 13.8 Å². The van der Waals surface area contributed by atoms with E-state index < -0.39 is 25.6 Å².